The molecule has 0 bridgehead atoms. The van der Waals surface area contributed by atoms with Gasteiger partial charge in [-0.2, -0.15) is 0 Å². The third-order valence-corrected chi connectivity index (χ3v) is 3.21. The van der Waals surface area contributed by atoms with E-state index in [2.05, 4.69) is 9.64 Å². The first-order valence-corrected chi connectivity index (χ1v) is 4.98. The van der Waals surface area contributed by atoms with Crippen LogP contribution in [0.15, 0.2) is 0 Å². The van der Waals surface area contributed by atoms with Gasteiger partial charge in [0.05, 0.1) is 18.6 Å². The fourth-order valence-corrected chi connectivity index (χ4v) is 1.83. The lowest BCUT2D eigenvalue weighted by Crippen LogP contribution is -2.49. The minimum Gasteiger partial charge on any atom is -0.469 e. The number of ether oxygens (including phenoxy) is 1. The largest absolute Gasteiger partial charge is 0.469 e. The number of carbonyl (C=O) groups excluding carboxylic acids is 1. The van der Waals surface area contributed by atoms with Gasteiger partial charge in [-0.15, -0.1) is 0 Å². The molecule has 0 aromatic rings. The monoisotopic (exact) mass is 201 g/mol. The first-order chi connectivity index (χ1) is 6.49. The molecule has 0 aromatic heterocycles. The average molecular weight is 201 g/mol. The highest BCUT2D eigenvalue weighted by Crippen LogP contribution is 2.29. The van der Waals surface area contributed by atoms with Crippen molar-refractivity contribution >= 4 is 5.97 Å². The van der Waals surface area contributed by atoms with E-state index in [0.717, 1.165) is 13.1 Å². The maximum Gasteiger partial charge on any atom is 0.311 e. The van der Waals surface area contributed by atoms with Crippen LogP contribution >= 0.6 is 0 Å². The first-order valence-electron chi connectivity index (χ1n) is 4.98. The second-order valence-corrected chi connectivity index (χ2v) is 4.15. The average Bonchev–Trinajstić information content (AvgIpc) is 2.20. The van der Waals surface area contributed by atoms with Crippen LogP contribution < -0.4 is 0 Å². The standard InChI is InChI=1S/C10H19NO3/c1-8(9(12)14-3)10(13)4-6-11(2)7-5-10/h8,13H,4-7H2,1-3H3. The molecule has 1 aliphatic heterocycles. The van der Waals surface area contributed by atoms with Crippen molar-refractivity contribution in [1.29, 1.82) is 0 Å². The quantitative estimate of drug-likeness (QED) is 0.651. The summed E-state index contributed by atoms with van der Waals surface area (Å²) in [6, 6.07) is 0. The van der Waals surface area contributed by atoms with Crippen molar-refractivity contribution in [2.75, 3.05) is 27.2 Å². The van der Waals surface area contributed by atoms with Gasteiger partial charge in [-0.05, 0) is 26.8 Å². The first kappa shape index (κ1) is 11.5. The SMILES string of the molecule is COC(=O)C(C)C1(O)CCN(C)CC1. The Morgan fingerprint density at radius 3 is 2.43 bits per heavy atom. The maximum atomic E-state index is 11.3. The molecule has 4 heteroatoms. The Kier molecular flexibility index (Phi) is 3.50. The number of hydrogen-bond acceptors (Lipinski definition) is 4. The van der Waals surface area contributed by atoms with Crippen LogP contribution in [0.4, 0.5) is 0 Å². The topological polar surface area (TPSA) is 49.8 Å². The zero-order valence-corrected chi connectivity index (χ0v) is 9.12. The van der Waals surface area contributed by atoms with Gasteiger partial charge in [0.15, 0.2) is 0 Å². The number of rotatable bonds is 2. The fourth-order valence-electron chi connectivity index (χ4n) is 1.83. The van der Waals surface area contributed by atoms with E-state index < -0.39 is 11.5 Å². The minimum absolute atomic E-state index is 0.322. The number of esters is 1. The number of nitrogens with zero attached hydrogens (tertiary/aromatic N) is 1. The van der Waals surface area contributed by atoms with Crippen molar-refractivity contribution in [3.63, 3.8) is 0 Å². The normalized spacial score (nSPS) is 24.3. The number of piperidine rings is 1. The van der Waals surface area contributed by atoms with Gasteiger partial charge in [-0.3, -0.25) is 4.79 Å². The van der Waals surface area contributed by atoms with Crippen molar-refractivity contribution in [3.05, 3.63) is 0 Å². The van der Waals surface area contributed by atoms with Gasteiger partial charge >= 0.3 is 5.97 Å². The third kappa shape index (κ3) is 2.25. The molecule has 0 aliphatic carbocycles. The van der Waals surface area contributed by atoms with Crippen molar-refractivity contribution in [2.45, 2.75) is 25.4 Å². The lowest BCUT2D eigenvalue weighted by atomic mass is 9.80. The highest BCUT2D eigenvalue weighted by molar-refractivity contribution is 5.73. The number of likely N-dealkylation sites (tertiary alicyclic amines) is 1. The Balaban J connectivity index is 2.61. The molecule has 1 heterocycles. The molecular formula is C10H19NO3. The Labute approximate surface area is 84.8 Å². The molecule has 1 unspecified atom stereocenters. The van der Waals surface area contributed by atoms with Crippen molar-refractivity contribution in [3.8, 4) is 0 Å². The number of methoxy groups -OCH3 is 1. The van der Waals surface area contributed by atoms with E-state index in [1.165, 1.54) is 7.11 Å². The van der Waals surface area contributed by atoms with Gasteiger partial charge in [0.1, 0.15) is 0 Å². The van der Waals surface area contributed by atoms with E-state index >= 15 is 0 Å². The molecule has 0 saturated carbocycles. The van der Waals surface area contributed by atoms with Crippen molar-refractivity contribution in [1.82, 2.24) is 4.90 Å². The van der Waals surface area contributed by atoms with Crippen molar-refractivity contribution < 1.29 is 14.6 Å². The Bertz CT molecular complexity index is 209. The van der Waals surface area contributed by atoms with E-state index in [1.807, 2.05) is 7.05 Å². The van der Waals surface area contributed by atoms with Crippen molar-refractivity contribution in [2.24, 2.45) is 5.92 Å². The third-order valence-electron chi connectivity index (χ3n) is 3.21. The maximum absolute atomic E-state index is 11.3. The number of hydrogen-bond donors (Lipinski definition) is 1. The zero-order valence-electron chi connectivity index (χ0n) is 9.12. The fraction of sp³-hybridized carbons (Fsp3) is 0.900. The summed E-state index contributed by atoms with van der Waals surface area (Å²) in [6.07, 6.45) is 1.28. The Morgan fingerprint density at radius 1 is 1.50 bits per heavy atom. The summed E-state index contributed by atoms with van der Waals surface area (Å²) in [5.41, 5.74) is -0.875. The van der Waals surface area contributed by atoms with E-state index in [0.29, 0.717) is 12.8 Å². The molecule has 0 radical (unpaired) electrons. The van der Waals surface area contributed by atoms with Gasteiger partial charge in [0, 0.05) is 13.1 Å². The molecule has 0 spiro atoms. The van der Waals surface area contributed by atoms with E-state index in [4.69, 9.17) is 0 Å². The summed E-state index contributed by atoms with van der Waals surface area (Å²) >= 11 is 0. The number of carbonyl (C=O) groups is 1. The molecule has 1 fully saturated rings. The van der Waals surface area contributed by atoms with Crippen LogP contribution in [0.2, 0.25) is 0 Å². The van der Waals surface area contributed by atoms with E-state index in [9.17, 15) is 9.90 Å². The highest BCUT2D eigenvalue weighted by atomic mass is 16.5. The molecular weight excluding hydrogens is 182 g/mol. The summed E-state index contributed by atoms with van der Waals surface area (Å²) in [7, 11) is 3.37. The van der Waals surface area contributed by atoms with Crippen LogP contribution in [0, 0.1) is 5.92 Å². The highest BCUT2D eigenvalue weighted by Gasteiger charge is 2.40. The summed E-state index contributed by atoms with van der Waals surface area (Å²) < 4.78 is 4.64. The molecule has 4 nitrogen and oxygen atoms in total. The molecule has 1 aliphatic rings. The zero-order chi connectivity index (χ0) is 10.8. The molecule has 1 rings (SSSR count). The summed E-state index contributed by atoms with van der Waals surface area (Å²) in [5, 5.41) is 10.2. The molecule has 1 atom stereocenters. The predicted octanol–water partition coefficient (Wildman–Crippen LogP) is 0.252. The second kappa shape index (κ2) is 4.28. The lowest BCUT2D eigenvalue weighted by Gasteiger charge is -2.39. The van der Waals surface area contributed by atoms with Crippen LogP contribution in [-0.2, 0) is 9.53 Å². The minimum atomic E-state index is -0.875. The van der Waals surface area contributed by atoms with Crippen LogP contribution in [0.5, 0.6) is 0 Å². The molecule has 0 amide bonds. The van der Waals surface area contributed by atoms with Crippen LogP contribution in [0.1, 0.15) is 19.8 Å². The summed E-state index contributed by atoms with van der Waals surface area (Å²) in [5.74, 6) is -0.752. The van der Waals surface area contributed by atoms with Gasteiger partial charge in [-0.25, -0.2) is 0 Å². The van der Waals surface area contributed by atoms with Gasteiger partial charge < -0.3 is 14.7 Å². The van der Waals surface area contributed by atoms with E-state index in [1.54, 1.807) is 6.92 Å². The second-order valence-electron chi connectivity index (χ2n) is 4.15. The Hall–Kier alpha value is -0.610. The molecule has 1 N–H and O–H groups in total. The van der Waals surface area contributed by atoms with Gasteiger partial charge in [0.25, 0.3) is 0 Å². The summed E-state index contributed by atoms with van der Waals surface area (Å²) in [4.78, 5) is 13.5. The van der Waals surface area contributed by atoms with E-state index in [-0.39, 0.29) is 5.97 Å². The molecule has 0 aromatic carbocycles. The molecule has 14 heavy (non-hydrogen) atoms. The summed E-state index contributed by atoms with van der Waals surface area (Å²) in [6.45, 7) is 3.40. The molecule has 82 valence electrons. The van der Waals surface area contributed by atoms with Crippen LogP contribution in [0.3, 0.4) is 0 Å². The van der Waals surface area contributed by atoms with Crippen LogP contribution in [-0.4, -0.2) is 48.8 Å². The van der Waals surface area contributed by atoms with Gasteiger partial charge in [-0.1, -0.05) is 0 Å². The molecule has 1 saturated heterocycles. The van der Waals surface area contributed by atoms with Gasteiger partial charge in [0.2, 0.25) is 0 Å². The number of aliphatic hydroxyl groups is 1. The Morgan fingerprint density at radius 2 is 2.00 bits per heavy atom. The predicted molar refractivity (Wildman–Crippen MR) is 52.9 cm³/mol. The smallest absolute Gasteiger partial charge is 0.311 e. The lowest BCUT2D eigenvalue weighted by molar-refractivity contribution is -0.158. The van der Waals surface area contributed by atoms with Crippen LogP contribution in [0.25, 0.3) is 0 Å².